The summed E-state index contributed by atoms with van der Waals surface area (Å²) in [6.07, 6.45) is -1.81. The molecule has 2 fully saturated rings. The van der Waals surface area contributed by atoms with Crippen molar-refractivity contribution < 1.29 is 34.4 Å². The minimum Gasteiger partial charge on any atom is -0.394 e. The summed E-state index contributed by atoms with van der Waals surface area (Å²) in [6.45, 7) is 3.16. The Balaban J connectivity index is 1.65. The van der Waals surface area contributed by atoms with Crippen molar-refractivity contribution in [2.45, 2.75) is 69.4 Å². The molecule has 0 aromatic carbocycles. The molecule has 4 atom stereocenters. The average molecular weight is 399 g/mol. The molecule has 11 heteroatoms. The fourth-order valence-corrected chi connectivity index (χ4v) is 3.28. The molecule has 0 spiro atoms. The lowest BCUT2D eigenvalue weighted by molar-refractivity contribution is -0.190. The van der Waals surface area contributed by atoms with Gasteiger partial charge in [0.15, 0.2) is 17.6 Å². The minimum atomic E-state index is -1.40. The Kier molecular flexibility index (Phi) is 6.01. The second kappa shape index (κ2) is 8.13. The van der Waals surface area contributed by atoms with E-state index >= 15 is 0 Å². The zero-order valence-electron chi connectivity index (χ0n) is 15.6. The first kappa shape index (κ1) is 20.7. The highest BCUT2D eigenvalue weighted by molar-refractivity contribution is 5.81. The topological polar surface area (TPSA) is 152 Å². The molecule has 0 radical (unpaired) electrons. The van der Waals surface area contributed by atoms with Crippen LogP contribution >= 0.6 is 0 Å². The standard InChI is InChI=1S/C17H25N3O8/c1-9(2)27-17(5-3-6-17)15(24)28-19-11-4-7-20(16(25)18-11)14-13(23)12(22)10(8-21)26-14/h4,7,9-10,12-14,21-23H,3,5-6,8H2,1-2H3,(H,18,19,25)/t10-,12-,13-,14-/m1/s1. The van der Waals surface area contributed by atoms with Crippen LogP contribution in [0.5, 0.6) is 0 Å². The predicted molar refractivity (Wildman–Crippen MR) is 94.0 cm³/mol. The maximum Gasteiger partial charge on any atom is 0.363 e. The third-order valence-electron chi connectivity index (χ3n) is 4.86. The lowest BCUT2D eigenvalue weighted by Crippen LogP contribution is -2.50. The number of rotatable bonds is 7. The number of carbonyl (C=O) groups is 1. The first-order chi connectivity index (χ1) is 13.3. The van der Waals surface area contributed by atoms with Crippen molar-refractivity contribution in [2.24, 2.45) is 0 Å². The van der Waals surface area contributed by atoms with Gasteiger partial charge < -0.3 is 29.6 Å². The Hall–Kier alpha value is -2.05. The summed E-state index contributed by atoms with van der Waals surface area (Å²) in [7, 11) is 0. The van der Waals surface area contributed by atoms with Crippen molar-refractivity contribution in [3.63, 3.8) is 0 Å². The van der Waals surface area contributed by atoms with Crippen LogP contribution < -0.4 is 11.2 Å². The number of ether oxygens (including phenoxy) is 2. The lowest BCUT2D eigenvalue weighted by atomic mass is 9.80. The van der Waals surface area contributed by atoms with E-state index in [2.05, 4.69) is 10.5 Å². The summed E-state index contributed by atoms with van der Waals surface area (Å²) in [5.74, 6) is -0.595. The first-order valence-electron chi connectivity index (χ1n) is 9.14. The third-order valence-corrected chi connectivity index (χ3v) is 4.86. The Morgan fingerprint density at radius 2 is 2.14 bits per heavy atom. The van der Waals surface area contributed by atoms with Crippen LogP contribution in [0.3, 0.4) is 0 Å². The second-order valence-corrected chi connectivity index (χ2v) is 7.24. The summed E-state index contributed by atoms with van der Waals surface area (Å²) in [4.78, 5) is 33.4. The highest BCUT2D eigenvalue weighted by Gasteiger charge is 2.48. The van der Waals surface area contributed by atoms with Gasteiger partial charge in [-0.25, -0.2) is 15.1 Å². The number of anilines is 1. The Morgan fingerprint density at radius 3 is 2.64 bits per heavy atom. The summed E-state index contributed by atoms with van der Waals surface area (Å²) >= 11 is 0. The maximum atomic E-state index is 12.3. The fourth-order valence-electron chi connectivity index (χ4n) is 3.28. The molecule has 1 aliphatic carbocycles. The summed E-state index contributed by atoms with van der Waals surface area (Å²) in [5.41, 5.74) is 0.566. The molecule has 11 nitrogen and oxygen atoms in total. The van der Waals surface area contributed by atoms with Crippen molar-refractivity contribution in [1.29, 1.82) is 0 Å². The fraction of sp³-hybridized carbons (Fsp3) is 0.706. The minimum absolute atomic E-state index is 0.0136. The van der Waals surface area contributed by atoms with Crippen LogP contribution in [-0.2, 0) is 19.1 Å². The molecule has 1 aliphatic heterocycles. The van der Waals surface area contributed by atoms with Gasteiger partial charge in [0.2, 0.25) is 0 Å². The number of aromatic nitrogens is 2. The van der Waals surface area contributed by atoms with Gasteiger partial charge in [-0.3, -0.25) is 4.57 Å². The van der Waals surface area contributed by atoms with Gasteiger partial charge in [-0.2, -0.15) is 4.98 Å². The van der Waals surface area contributed by atoms with E-state index < -0.39 is 48.4 Å². The molecule has 2 heterocycles. The summed E-state index contributed by atoms with van der Waals surface area (Å²) < 4.78 is 12.0. The van der Waals surface area contributed by atoms with E-state index in [9.17, 15) is 19.8 Å². The van der Waals surface area contributed by atoms with Gasteiger partial charge in [0.25, 0.3) is 0 Å². The van der Waals surface area contributed by atoms with Crippen molar-refractivity contribution in [3.8, 4) is 0 Å². The second-order valence-electron chi connectivity index (χ2n) is 7.24. The molecule has 3 rings (SSSR count). The molecule has 0 amide bonds. The quantitative estimate of drug-likeness (QED) is 0.423. The molecule has 1 aromatic heterocycles. The van der Waals surface area contributed by atoms with Crippen LogP contribution in [0.15, 0.2) is 17.1 Å². The van der Waals surface area contributed by atoms with Gasteiger partial charge in [0, 0.05) is 12.3 Å². The predicted octanol–water partition coefficient (Wildman–Crippen LogP) is -0.927. The van der Waals surface area contributed by atoms with E-state index in [-0.39, 0.29) is 11.9 Å². The monoisotopic (exact) mass is 399 g/mol. The molecule has 1 saturated heterocycles. The van der Waals surface area contributed by atoms with E-state index in [1.807, 2.05) is 13.8 Å². The van der Waals surface area contributed by atoms with Crippen molar-refractivity contribution in [1.82, 2.24) is 9.55 Å². The average Bonchev–Trinajstić information content (AvgIpc) is 2.90. The van der Waals surface area contributed by atoms with E-state index in [4.69, 9.17) is 19.4 Å². The molecule has 2 aliphatic rings. The van der Waals surface area contributed by atoms with Crippen molar-refractivity contribution in [3.05, 3.63) is 22.7 Å². The van der Waals surface area contributed by atoms with Crippen LogP contribution in [0.25, 0.3) is 0 Å². The highest BCUT2D eigenvalue weighted by atomic mass is 16.7. The molecule has 4 N–H and O–H groups in total. The number of nitrogens with zero attached hydrogens (tertiary/aromatic N) is 2. The Morgan fingerprint density at radius 1 is 1.43 bits per heavy atom. The zero-order chi connectivity index (χ0) is 20.5. The molecule has 0 bridgehead atoms. The number of hydrogen-bond donors (Lipinski definition) is 4. The largest absolute Gasteiger partial charge is 0.394 e. The smallest absolute Gasteiger partial charge is 0.363 e. The van der Waals surface area contributed by atoms with Crippen LogP contribution in [0.4, 0.5) is 5.82 Å². The van der Waals surface area contributed by atoms with Crippen LogP contribution in [-0.4, -0.2) is 67.5 Å². The van der Waals surface area contributed by atoms with E-state index in [1.54, 1.807) is 0 Å². The lowest BCUT2D eigenvalue weighted by Gasteiger charge is -2.39. The van der Waals surface area contributed by atoms with Crippen LogP contribution in [0.2, 0.25) is 0 Å². The molecule has 28 heavy (non-hydrogen) atoms. The van der Waals surface area contributed by atoms with Crippen LogP contribution in [0, 0.1) is 0 Å². The van der Waals surface area contributed by atoms with Gasteiger partial charge in [-0.05, 0) is 33.1 Å². The zero-order valence-corrected chi connectivity index (χ0v) is 15.6. The van der Waals surface area contributed by atoms with Gasteiger partial charge in [-0.1, -0.05) is 0 Å². The van der Waals surface area contributed by atoms with E-state index in [0.29, 0.717) is 12.8 Å². The van der Waals surface area contributed by atoms with Crippen molar-refractivity contribution >= 4 is 11.8 Å². The first-order valence-corrected chi connectivity index (χ1v) is 9.14. The van der Waals surface area contributed by atoms with Crippen LogP contribution in [0.1, 0.15) is 39.3 Å². The molecule has 156 valence electrons. The summed E-state index contributed by atoms with van der Waals surface area (Å²) in [5, 5.41) is 28.9. The number of carbonyl (C=O) groups excluding carboxylic acids is 1. The number of nitrogens with one attached hydrogen (secondary N) is 1. The molecule has 0 unspecified atom stereocenters. The molecular formula is C17H25N3O8. The number of hydrogen-bond acceptors (Lipinski definition) is 10. The van der Waals surface area contributed by atoms with Gasteiger partial charge >= 0.3 is 11.7 Å². The van der Waals surface area contributed by atoms with E-state index in [0.717, 1.165) is 11.0 Å². The molecule has 1 saturated carbocycles. The normalized spacial score (nSPS) is 28.8. The van der Waals surface area contributed by atoms with Gasteiger partial charge in [-0.15, -0.1) is 0 Å². The maximum absolute atomic E-state index is 12.3. The number of aliphatic hydroxyl groups is 3. The number of aliphatic hydroxyl groups excluding tert-OH is 3. The van der Waals surface area contributed by atoms with E-state index in [1.165, 1.54) is 12.3 Å². The van der Waals surface area contributed by atoms with Gasteiger partial charge in [0.05, 0.1) is 12.7 Å². The summed E-state index contributed by atoms with van der Waals surface area (Å²) in [6, 6.07) is 1.35. The Bertz CT molecular complexity index is 763. The Labute approximate surface area is 160 Å². The third kappa shape index (κ3) is 3.89. The molecular weight excluding hydrogens is 374 g/mol. The van der Waals surface area contributed by atoms with Crippen molar-refractivity contribution in [2.75, 3.05) is 12.1 Å². The van der Waals surface area contributed by atoms with Gasteiger partial charge in [0.1, 0.15) is 18.3 Å². The highest BCUT2D eigenvalue weighted by Crippen LogP contribution is 2.37. The molecule has 1 aromatic rings. The SMILES string of the molecule is CC(C)OC1(C(=O)ONc2ccn([C@@H]3O[C@H](CO)[C@@H](O)[C@H]3O)c(=O)n2)CCC1.